The number of halogens is 1. The van der Waals surface area contributed by atoms with Gasteiger partial charge in [-0.05, 0) is 79.3 Å². The Balaban J connectivity index is 1.28. The lowest BCUT2D eigenvalue weighted by molar-refractivity contribution is -0.139. The van der Waals surface area contributed by atoms with E-state index in [4.69, 9.17) is 5.11 Å². The fourth-order valence-electron chi connectivity index (χ4n) is 4.95. The maximum absolute atomic E-state index is 13.7. The highest BCUT2D eigenvalue weighted by molar-refractivity contribution is 5.99. The minimum atomic E-state index is -0.740. The second-order valence-electron chi connectivity index (χ2n) is 9.30. The summed E-state index contributed by atoms with van der Waals surface area (Å²) in [5.41, 5.74) is 2.87. The summed E-state index contributed by atoms with van der Waals surface area (Å²) < 4.78 is 13.7. The van der Waals surface area contributed by atoms with Crippen molar-refractivity contribution in [2.24, 2.45) is 11.8 Å². The molecule has 3 amide bonds. The number of carbonyl (C=O) groups excluding carboxylic acids is 2. The number of carboxylic acids is 1. The molecule has 0 unspecified atom stereocenters. The van der Waals surface area contributed by atoms with Crippen molar-refractivity contribution in [1.29, 1.82) is 0 Å². The predicted molar refractivity (Wildman–Crippen MR) is 127 cm³/mol. The SMILES string of the molecule is O=C(O)CC1CCC(CC(=O)N2CCc3cc(NC(=O)Nc4ccccc4F)ccc3C2)CC1. The Morgan fingerprint density at radius 2 is 1.65 bits per heavy atom. The monoisotopic (exact) mass is 467 g/mol. The first kappa shape index (κ1) is 23.7. The summed E-state index contributed by atoms with van der Waals surface area (Å²) in [6, 6.07) is 11.1. The summed E-state index contributed by atoms with van der Waals surface area (Å²) in [6.45, 7) is 1.18. The molecule has 1 saturated carbocycles. The van der Waals surface area contributed by atoms with Gasteiger partial charge in [0.05, 0.1) is 5.69 Å². The number of nitrogens with zero attached hydrogens (tertiary/aromatic N) is 1. The van der Waals surface area contributed by atoms with E-state index in [9.17, 15) is 18.8 Å². The maximum Gasteiger partial charge on any atom is 0.323 e. The van der Waals surface area contributed by atoms with Crippen molar-refractivity contribution in [3.63, 3.8) is 0 Å². The van der Waals surface area contributed by atoms with Crippen LogP contribution in [0.4, 0.5) is 20.6 Å². The van der Waals surface area contributed by atoms with E-state index in [0.717, 1.165) is 36.8 Å². The Bertz CT molecular complexity index is 1070. The van der Waals surface area contributed by atoms with E-state index in [2.05, 4.69) is 10.6 Å². The van der Waals surface area contributed by atoms with Gasteiger partial charge in [0.1, 0.15) is 5.82 Å². The van der Waals surface area contributed by atoms with E-state index in [1.54, 1.807) is 18.2 Å². The van der Waals surface area contributed by atoms with Gasteiger partial charge in [0.25, 0.3) is 0 Å². The number of nitrogens with one attached hydrogen (secondary N) is 2. The fraction of sp³-hybridized carbons (Fsp3) is 0.423. The zero-order valence-electron chi connectivity index (χ0n) is 19.1. The highest BCUT2D eigenvalue weighted by Gasteiger charge is 2.27. The van der Waals surface area contributed by atoms with Crippen LogP contribution >= 0.6 is 0 Å². The third-order valence-electron chi connectivity index (χ3n) is 6.84. The van der Waals surface area contributed by atoms with Crippen molar-refractivity contribution in [2.45, 2.75) is 51.5 Å². The van der Waals surface area contributed by atoms with Crippen LogP contribution in [-0.2, 0) is 22.6 Å². The van der Waals surface area contributed by atoms with Crippen molar-refractivity contribution in [3.05, 3.63) is 59.4 Å². The molecule has 0 saturated heterocycles. The summed E-state index contributed by atoms with van der Waals surface area (Å²) in [5.74, 6) is -0.517. The second-order valence-corrected chi connectivity index (χ2v) is 9.30. The van der Waals surface area contributed by atoms with Gasteiger partial charge >= 0.3 is 12.0 Å². The zero-order chi connectivity index (χ0) is 24.1. The third kappa shape index (κ3) is 6.12. The molecule has 34 heavy (non-hydrogen) atoms. The van der Waals surface area contributed by atoms with Crippen molar-refractivity contribution in [3.8, 4) is 0 Å². The lowest BCUT2D eigenvalue weighted by Crippen LogP contribution is -2.37. The van der Waals surface area contributed by atoms with Gasteiger partial charge in [-0.3, -0.25) is 9.59 Å². The molecule has 2 aromatic carbocycles. The summed E-state index contributed by atoms with van der Waals surface area (Å²) in [7, 11) is 0. The average molecular weight is 468 g/mol. The highest BCUT2D eigenvalue weighted by atomic mass is 19.1. The van der Waals surface area contributed by atoms with Crippen LogP contribution < -0.4 is 10.6 Å². The molecule has 0 atom stereocenters. The number of urea groups is 1. The minimum absolute atomic E-state index is 0.113. The van der Waals surface area contributed by atoms with Crippen LogP contribution in [0.5, 0.6) is 0 Å². The molecule has 0 aromatic heterocycles. The molecule has 0 spiro atoms. The first-order valence-corrected chi connectivity index (χ1v) is 11.8. The molecular weight excluding hydrogens is 437 g/mol. The van der Waals surface area contributed by atoms with Crippen LogP contribution in [0, 0.1) is 17.7 Å². The lowest BCUT2D eigenvalue weighted by Gasteiger charge is -2.32. The number of aliphatic carboxylic acids is 1. The molecule has 1 aliphatic heterocycles. The van der Waals surface area contributed by atoms with Gasteiger partial charge in [-0.2, -0.15) is 0 Å². The number of fused-ring (bicyclic) bond motifs is 1. The molecule has 180 valence electrons. The van der Waals surface area contributed by atoms with Gasteiger partial charge in [0, 0.05) is 31.6 Å². The van der Waals surface area contributed by atoms with E-state index in [1.165, 1.54) is 12.1 Å². The Morgan fingerprint density at radius 3 is 2.35 bits per heavy atom. The Labute approximate surface area is 198 Å². The van der Waals surface area contributed by atoms with E-state index in [1.807, 2.05) is 17.0 Å². The molecule has 0 radical (unpaired) electrons. The summed E-state index contributed by atoms with van der Waals surface area (Å²) in [6.07, 6.45) is 5.05. The highest BCUT2D eigenvalue weighted by Crippen LogP contribution is 2.33. The number of anilines is 2. The molecular formula is C26H30FN3O4. The molecule has 2 aromatic rings. The molecule has 3 N–H and O–H groups in total. The molecule has 7 nitrogen and oxygen atoms in total. The van der Waals surface area contributed by atoms with Crippen molar-refractivity contribution in [2.75, 3.05) is 17.2 Å². The van der Waals surface area contributed by atoms with Crippen LogP contribution in [0.2, 0.25) is 0 Å². The zero-order valence-corrected chi connectivity index (χ0v) is 19.1. The maximum atomic E-state index is 13.7. The van der Waals surface area contributed by atoms with Crippen LogP contribution in [0.15, 0.2) is 42.5 Å². The van der Waals surface area contributed by atoms with Crippen LogP contribution in [-0.4, -0.2) is 34.5 Å². The minimum Gasteiger partial charge on any atom is -0.481 e. The standard InChI is InChI=1S/C26H30FN3O4/c27-22-3-1-2-4-23(22)29-26(34)28-21-10-9-20-16-30(12-11-19(20)15-21)24(31)13-17-5-7-18(8-6-17)14-25(32)33/h1-4,9-10,15,17-18H,5-8,11-14,16H2,(H,32,33)(H2,28,29,34). The van der Waals surface area contributed by atoms with Gasteiger partial charge in [-0.25, -0.2) is 9.18 Å². The Kier molecular flexibility index (Phi) is 7.45. The second kappa shape index (κ2) is 10.7. The quantitative estimate of drug-likeness (QED) is 0.555. The molecule has 1 heterocycles. The van der Waals surface area contributed by atoms with Crippen LogP contribution in [0.1, 0.15) is 49.7 Å². The number of rotatable bonds is 6. The topological polar surface area (TPSA) is 98.7 Å². The number of carboxylic acid groups (broad SMARTS) is 1. The van der Waals surface area contributed by atoms with Crippen molar-refractivity contribution in [1.82, 2.24) is 4.90 Å². The lowest BCUT2D eigenvalue weighted by atomic mass is 9.79. The predicted octanol–water partition coefficient (Wildman–Crippen LogP) is 5.03. The molecule has 8 heteroatoms. The van der Waals surface area contributed by atoms with Crippen LogP contribution in [0.3, 0.4) is 0 Å². The van der Waals surface area contributed by atoms with E-state index in [0.29, 0.717) is 37.5 Å². The molecule has 1 aliphatic carbocycles. The van der Waals surface area contributed by atoms with Gasteiger partial charge in [-0.15, -0.1) is 0 Å². The number of hydrogen-bond acceptors (Lipinski definition) is 3. The van der Waals surface area contributed by atoms with Gasteiger partial charge in [0.2, 0.25) is 5.91 Å². The number of benzene rings is 2. The summed E-state index contributed by atoms with van der Waals surface area (Å²) in [5, 5.41) is 14.2. The Morgan fingerprint density at radius 1 is 0.941 bits per heavy atom. The largest absolute Gasteiger partial charge is 0.481 e. The van der Waals surface area contributed by atoms with Crippen molar-refractivity contribution < 1.29 is 23.9 Å². The molecule has 1 fully saturated rings. The number of para-hydroxylation sites is 1. The first-order valence-electron chi connectivity index (χ1n) is 11.8. The molecule has 0 bridgehead atoms. The normalized spacial score (nSPS) is 19.7. The fourth-order valence-corrected chi connectivity index (χ4v) is 4.95. The van der Waals surface area contributed by atoms with Crippen LogP contribution in [0.25, 0.3) is 0 Å². The Hall–Kier alpha value is -3.42. The van der Waals surface area contributed by atoms with Gasteiger partial charge < -0.3 is 20.6 Å². The molecule has 4 rings (SSSR count). The molecule has 2 aliphatic rings. The van der Waals surface area contributed by atoms with E-state index < -0.39 is 17.8 Å². The number of hydrogen-bond donors (Lipinski definition) is 3. The number of carbonyl (C=O) groups is 3. The van der Waals surface area contributed by atoms with Gasteiger partial charge in [0.15, 0.2) is 0 Å². The average Bonchev–Trinajstić information content (AvgIpc) is 2.81. The smallest absolute Gasteiger partial charge is 0.323 e. The summed E-state index contributed by atoms with van der Waals surface area (Å²) in [4.78, 5) is 37.9. The number of amides is 3. The first-order chi connectivity index (χ1) is 16.4. The summed E-state index contributed by atoms with van der Waals surface area (Å²) >= 11 is 0. The van der Waals surface area contributed by atoms with Gasteiger partial charge in [-0.1, -0.05) is 18.2 Å². The van der Waals surface area contributed by atoms with E-state index in [-0.39, 0.29) is 23.9 Å². The van der Waals surface area contributed by atoms with E-state index >= 15 is 0 Å². The third-order valence-corrected chi connectivity index (χ3v) is 6.84. The van der Waals surface area contributed by atoms with Crippen molar-refractivity contribution >= 4 is 29.3 Å².